The zero-order chi connectivity index (χ0) is 14.8. The van der Waals surface area contributed by atoms with E-state index in [0.717, 1.165) is 0 Å². The number of rotatable bonds is 3. The summed E-state index contributed by atoms with van der Waals surface area (Å²) in [6, 6.07) is 0. The number of hydrogen-bond acceptors (Lipinski definition) is 0. The van der Waals surface area contributed by atoms with Crippen molar-refractivity contribution >= 4 is 104 Å². The lowest BCUT2D eigenvalue weighted by Crippen LogP contribution is -2.50. The fourth-order valence-electron chi connectivity index (χ4n) is 3.66. The van der Waals surface area contributed by atoms with Crippen LogP contribution in [0.3, 0.4) is 0 Å². The van der Waals surface area contributed by atoms with Crippen LogP contribution in [0.5, 0.6) is 0 Å². The van der Waals surface area contributed by atoms with Gasteiger partial charge < -0.3 is 0 Å². The van der Waals surface area contributed by atoms with Crippen LogP contribution in [0.2, 0.25) is 0 Å². The van der Waals surface area contributed by atoms with Gasteiger partial charge in [0.05, 0.1) is 10.8 Å². The molecule has 112 valence electrons. The summed E-state index contributed by atoms with van der Waals surface area (Å²) in [5.74, 6) is -0.427. The monoisotopic (exact) mass is 444 g/mol. The van der Waals surface area contributed by atoms with Crippen molar-refractivity contribution in [2.75, 3.05) is 5.88 Å². The van der Waals surface area contributed by atoms with Gasteiger partial charge in [-0.15, -0.1) is 104 Å². The van der Waals surface area contributed by atoms with Crippen molar-refractivity contribution in [1.82, 2.24) is 0 Å². The molecular weight excluding hydrogens is 439 g/mol. The first kappa shape index (κ1) is 18.0. The van der Waals surface area contributed by atoms with E-state index in [4.69, 9.17) is 104 Å². The lowest BCUT2D eigenvalue weighted by Gasteiger charge is -2.45. The van der Waals surface area contributed by atoms with E-state index < -0.39 is 41.5 Å². The van der Waals surface area contributed by atoms with Crippen LogP contribution in [-0.4, -0.2) is 30.6 Å². The van der Waals surface area contributed by atoms with Gasteiger partial charge in [-0.3, -0.25) is 0 Å². The molecule has 0 N–H and O–H groups in total. The largest absolute Gasteiger partial charge is 0.126 e. The summed E-state index contributed by atoms with van der Waals surface area (Å²) in [6.45, 7) is 0. The van der Waals surface area contributed by atoms with Gasteiger partial charge in [0.1, 0.15) is 14.0 Å². The molecule has 2 rings (SSSR count). The molecule has 0 aliphatic heterocycles. The Bertz CT molecular complexity index is 362. The smallest absolute Gasteiger partial charge is 0.124 e. The van der Waals surface area contributed by atoms with Crippen LogP contribution in [0.1, 0.15) is 6.42 Å². The molecule has 0 aromatic rings. The van der Waals surface area contributed by atoms with Crippen molar-refractivity contribution < 1.29 is 0 Å². The molecule has 2 bridgehead atoms. The summed E-state index contributed by atoms with van der Waals surface area (Å²) in [7, 11) is 0. The van der Waals surface area contributed by atoms with E-state index in [1.807, 2.05) is 0 Å². The van der Waals surface area contributed by atoms with Gasteiger partial charge in [0.25, 0.3) is 0 Å². The van der Waals surface area contributed by atoms with Gasteiger partial charge in [0, 0.05) is 22.6 Å². The molecule has 0 heterocycles. The van der Waals surface area contributed by atoms with Crippen LogP contribution < -0.4 is 0 Å². The highest BCUT2D eigenvalue weighted by Gasteiger charge is 2.82. The quantitative estimate of drug-likeness (QED) is 0.450. The molecule has 2 fully saturated rings. The number of alkyl halides is 9. The van der Waals surface area contributed by atoms with Gasteiger partial charge in [-0.2, -0.15) is 0 Å². The van der Waals surface area contributed by atoms with Crippen LogP contribution >= 0.6 is 104 Å². The zero-order valence-electron chi connectivity index (χ0n) is 9.20. The maximum Gasteiger partial charge on any atom is 0.124 e. The Hall–Kier alpha value is 2.61. The number of hydrogen-bond donors (Lipinski definition) is 0. The third-order valence-corrected chi connectivity index (χ3v) is 8.53. The molecule has 0 nitrogen and oxygen atoms in total. The molecule has 0 unspecified atom stereocenters. The average molecular weight is 448 g/mol. The lowest BCUT2D eigenvalue weighted by molar-refractivity contribution is 0.144. The molecule has 0 amide bonds. The highest BCUT2D eigenvalue weighted by molar-refractivity contribution is 6.52. The molecule has 0 aromatic heterocycles. The van der Waals surface area contributed by atoms with Crippen molar-refractivity contribution in [2.24, 2.45) is 16.7 Å². The summed E-state index contributed by atoms with van der Waals surface area (Å²) in [6.07, 6.45) is 0.242. The summed E-state index contributed by atoms with van der Waals surface area (Å²) in [4.78, 5) is -1.78. The molecule has 9 heteroatoms. The Balaban J connectivity index is 2.71. The maximum absolute atomic E-state index is 6.45. The average Bonchev–Trinajstić information content (AvgIpc) is 2.62. The van der Waals surface area contributed by atoms with Gasteiger partial charge in [-0.25, -0.2) is 0 Å². The van der Waals surface area contributed by atoms with E-state index in [-0.39, 0.29) is 12.3 Å². The van der Waals surface area contributed by atoms with Gasteiger partial charge in [0.15, 0.2) is 0 Å². The highest BCUT2D eigenvalue weighted by atomic mass is 35.5. The van der Waals surface area contributed by atoms with Gasteiger partial charge in [0.2, 0.25) is 0 Å². The summed E-state index contributed by atoms with van der Waals surface area (Å²) in [5.41, 5.74) is -1.87. The minimum Gasteiger partial charge on any atom is -0.126 e. The fourth-order valence-corrected chi connectivity index (χ4v) is 8.63. The second-order valence-electron chi connectivity index (χ2n) is 5.08. The number of fused-ring (bicyclic) bond motifs is 2. The van der Waals surface area contributed by atoms with E-state index in [9.17, 15) is 0 Å². The molecule has 5 atom stereocenters. The molecule has 0 aromatic carbocycles. The van der Waals surface area contributed by atoms with E-state index in [1.165, 1.54) is 0 Å². The standard InChI is InChI=1S/C10H9Cl9/c11-2-9(7(16)17)4-3(12)5(13)8(9,6(14)15)1-10(4,18)19/h3-7H,1-2H2/t3-,4-,5+,8+,9+/m0/s1. The van der Waals surface area contributed by atoms with E-state index in [0.29, 0.717) is 0 Å². The van der Waals surface area contributed by atoms with Crippen molar-refractivity contribution in [3.05, 3.63) is 0 Å². The Morgan fingerprint density at radius 3 is 1.84 bits per heavy atom. The summed E-state index contributed by atoms with van der Waals surface area (Å²) >= 11 is 56.6. The minimum atomic E-state index is -1.17. The Kier molecular flexibility index (Phi) is 5.30. The molecule has 0 spiro atoms. The fraction of sp³-hybridized carbons (Fsp3) is 1.00. The second kappa shape index (κ2) is 5.60. The second-order valence-corrected chi connectivity index (χ2v) is 10.1. The van der Waals surface area contributed by atoms with Crippen LogP contribution in [0, 0.1) is 16.7 Å². The Labute approximate surface area is 157 Å². The van der Waals surface area contributed by atoms with Gasteiger partial charge >= 0.3 is 0 Å². The van der Waals surface area contributed by atoms with Crippen molar-refractivity contribution in [2.45, 2.75) is 31.2 Å². The number of halogens is 9. The Morgan fingerprint density at radius 2 is 1.53 bits per heavy atom. The topological polar surface area (TPSA) is 0 Å². The summed E-state index contributed by atoms with van der Waals surface area (Å²) in [5, 5.41) is -1.13. The predicted molar refractivity (Wildman–Crippen MR) is 88.4 cm³/mol. The third kappa shape index (κ3) is 2.08. The zero-order valence-corrected chi connectivity index (χ0v) is 16.0. The van der Waals surface area contributed by atoms with Crippen molar-refractivity contribution in [3.63, 3.8) is 0 Å². The van der Waals surface area contributed by atoms with Crippen LogP contribution in [0.25, 0.3) is 0 Å². The predicted octanol–water partition coefficient (Wildman–Crippen LogP) is 6.23. The first-order valence-corrected chi connectivity index (χ1v) is 9.28. The molecule has 19 heavy (non-hydrogen) atoms. The molecule has 2 aliphatic rings. The van der Waals surface area contributed by atoms with Crippen LogP contribution in [0.4, 0.5) is 0 Å². The first-order valence-electron chi connectivity index (χ1n) is 5.38. The SMILES string of the molecule is ClC[C@]1(C(Cl)Cl)[C@@H]2[C@H](Cl)[C@@H](Cl)[C@@]1(C(Cl)Cl)CC2(Cl)Cl. The first-order chi connectivity index (χ1) is 8.59. The molecule has 2 saturated carbocycles. The highest BCUT2D eigenvalue weighted by Crippen LogP contribution is 2.78. The van der Waals surface area contributed by atoms with Crippen molar-refractivity contribution in [1.29, 1.82) is 0 Å². The third-order valence-electron chi connectivity index (χ3n) is 4.49. The van der Waals surface area contributed by atoms with Crippen LogP contribution in [0.15, 0.2) is 0 Å². The Morgan fingerprint density at radius 1 is 1.00 bits per heavy atom. The molecular formula is C10H9Cl9. The normalized spacial score (nSPS) is 48.5. The molecule has 0 saturated heterocycles. The van der Waals surface area contributed by atoms with E-state index in [2.05, 4.69) is 0 Å². The maximum atomic E-state index is 6.45. The minimum absolute atomic E-state index is 0.0684. The summed E-state index contributed by atoms with van der Waals surface area (Å²) < 4.78 is -1.17. The molecule has 0 radical (unpaired) electrons. The lowest BCUT2D eigenvalue weighted by atomic mass is 9.70. The van der Waals surface area contributed by atoms with E-state index in [1.54, 1.807) is 0 Å². The van der Waals surface area contributed by atoms with E-state index >= 15 is 0 Å². The molecule has 2 aliphatic carbocycles. The van der Waals surface area contributed by atoms with Gasteiger partial charge in [-0.05, 0) is 6.42 Å². The van der Waals surface area contributed by atoms with Gasteiger partial charge in [-0.1, -0.05) is 0 Å². The van der Waals surface area contributed by atoms with Crippen LogP contribution in [-0.2, 0) is 0 Å². The van der Waals surface area contributed by atoms with Crippen molar-refractivity contribution in [3.8, 4) is 0 Å².